The molecule has 2 aromatic rings. The van der Waals surface area contributed by atoms with Crippen molar-refractivity contribution in [3.63, 3.8) is 0 Å². The van der Waals surface area contributed by atoms with Crippen molar-refractivity contribution in [2.45, 2.75) is 12.8 Å². The lowest BCUT2D eigenvalue weighted by Crippen LogP contribution is -2.00. The van der Waals surface area contributed by atoms with Gasteiger partial charge in [0, 0.05) is 0 Å². The highest BCUT2D eigenvalue weighted by atomic mass is 16.5. The molecule has 0 spiro atoms. The monoisotopic (exact) mass is 252 g/mol. The van der Waals surface area contributed by atoms with Crippen molar-refractivity contribution in [2.75, 3.05) is 6.54 Å². The predicted molar refractivity (Wildman–Crippen MR) is 75.0 cm³/mol. The zero-order valence-electron chi connectivity index (χ0n) is 10.7. The highest BCUT2D eigenvalue weighted by molar-refractivity contribution is 5.38. The summed E-state index contributed by atoms with van der Waals surface area (Å²) < 4.78 is 5.76. The molecule has 0 saturated heterocycles. The molecule has 0 bridgehead atoms. The van der Waals surface area contributed by atoms with E-state index in [1.54, 1.807) is 24.3 Å². The Bertz CT molecular complexity index is 570. The van der Waals surface area contributed by atoms with E-state index >= 15 is 0 Å². The Balaban J connectivity index is 2.07. The van der Waals surface area contributed by atoms with Crippen LogP contribution in [0, 0.1) is 11.3 Å². The molecule has 0 aliphatic rings. The molecular formula is C16H16N2O. The minimum Gasteiger partial charge on any atom is -0.457 e. The van der Waals surface area contributed by atoms with E-state index in [1.165, 1.54) is 5.56 Å². The van der Waals surface area contributed by atoms with Crippen LogP contribution in [-0.4, -0.2) is 6.54 Å². The summed E-state index contributed by atoms with van der Waals surface area (Å²) in [6.45, 7) is 0.695. The number of ether oxygens (including phenoxy) is 1. The summed E-state index contributed by atoms with van der Waals surface area (Å²) in [7, 11) is 0. The van der Waals surface area contributed by atoms with E-state index in [0.717, 1.165) is 24.3 Å². The van der Waals surface area contributed by atoms with Gasteiger partial charge in [0.15, 0.2) is 0 Å². The van der Waals surface area contributed by atoms with Crippen molar-refractivity contribution in [3.8, 4) is 17.6 Å². The lowest BCUT2D eigenvalue weighted by Gasteiger charge is -2.07. The van der Waals surface area contributed by atoms with Crippen LogP contribution in [0.15, 0.2) is 48.5 Å². The van der Waals surface area contributed by atoms with Crippen LogP contribution < -0.4 is 10.5 Å². The molecule has 0 aliphatic carbocycles. The van der Waals surface area contributed by atoms with Gasteiger partial charge < -0.3 is 10.5 Å². The summed E-state index contributed by atoms with van der Waals surface area (Å²) in [6, 6.07) is 17.2. The zero-order valence-corrected chi connectivity index (χ0v) is 10.7. The van der Waals surface area contributed by atoms with Gasteiger partial charge in [-0.05, 0) is 61.3 Å². The summed E-state index contributed by atoms with van der Waals surface area (Å²) in [6.07, 6.45) is 1.93. The van der Waals surface area contributed by atoms with E-state index in [9.17, 15) is 0 Å². The van der Waals surface area contributed by atoms with Gasteiger partial charge in [-0.1, -0.05) is 12.1 Å². The Hall–Kier alpha value is -2.31. The third kappa shape index (κ3) is 3.84. The Labute approximate surface area is 113 Å². The molecule has 0 radical (unpaired) electrons. The Kier molecular flexibility index (Phi) is 4.54. The number of benzene rings is 2. The smallest absolute Gasteiger partial charge is 0.127 e. The van der Waals surface area contributed by atoms with Crippen molar-refractivity contribution in [1.82, 2.24) is 0 Å². The Morgan fingerprint density at radius 1 is 1.05 bits per heavy atom. The van der Waals surface area contributed by atoms with Crippen molar-refractivity contribution in [1.29, 1.82) is 5.26 Å². The minimum atomic E-state index is 0.629. The first-order chi connectivity index (χ1) is 9.31. The van der Waals surface area contributed by atoms with Crippen molar-refractivity contribution >= 4 is 0 Å². The molecule has 0 amide bonds. The molecule has 0 unspecified atom stereocenters. The Morgan fingerprint density at radius 3 is 2.53 bits per heavy atom. The topological polar surface area (TPSA) is 59.0 Å². The van der Waals surface area contributed by atoms with E-state index in [2.05, 4.69) is 12.1 Å². The van der Waals surface area contributed by atoms with Crippen molar-refractivity contribution in [2.24, 2.45) is 5.73 Å². The summed E-state index contributed by atoms with van der Waals surface area (Å²) in [5.74, 6) is 1.54. The molecule has 2 N–H and O–H groups in total. The summed E-state index contributed by atoms with van der Waals surface area (Å²) in [5, 5.41) is 8.74. The lowest BCUT2D eigenvalue weighted by atomic mass is 10.1. The fourth-order valence-electron chi connectivity index (χ4n) is 1.80. The first-order valence-electron chi connectivity index (χ1n) is 6.29. The summed E-state index contributed by atoms with van der Waals surface area (Å²) in [4.78, 5) is 0. The molecule has 0 saturated carbocycles. The molecular weight excluding hydrogens is 236 g/mol. The Morgan fingerprint density at radius 2 is 1.84 bits per heavy atom. The molecule has 2 aromatic carbocycles. The minimum absolute atomic E-state index is 0.629. The molecule has 3 heteroatoms. The van der Waals surface area contributed by atoms with Gasteiger partial charge in [0.1, 0.15) is 11.5 Å². The SMILES string of the molecule is N#Cc1ccc(Oc2cccc(CCCN)c2)cc1. The van der Waals surface area contributed by atoms with Crippen LogP contribution in [-0.2, 0) is 6.42 Å². The first kappa shape index (κ1) is 13.1. The van der Waals surface area contributed by atoms with Crippen LogP contribution in [0.4, 0.5) is 0 Å². The molecule has 3 nitrogen and oxygen atoms in total. The molecule has 0 fully saturated rings. The molecule has 0 heterocycles. The van der Waals surface area contributed by atoms with Gasteiger partial charge in [0.25, 0.3) is 0 Å². The number of nitrogens with zero attached hydrogens (tertiary/aromatic N) is 1. The predicted octanol–water partition coefficient (Wildman–Crippen LogP) is 3.24. The molecule has 19 heavy (non-hydrogen) atoms. The van der Waals surface area contributed by atoms with Gasteiger partial charge >= 0.3 is 0 Å². The van der Waals surface area contributed by atoms with E-state index in [-0.39, 0.29) is 0 Å². The maximum Gasteiger partial charge on any atom is 0.127 e. The fraction of sp³-hybridized carbons (Fsp3) is 0.188. The van der Waals surface area contributed by atoms with E-state index in [0.29, 0.717) is 12.1 Å². The van der Waals surface area contributed by atoms with Crippen molar-refractivity contribution < 1.29 is 4.74 Å². The molecule has 0 aromatic heterocycles. The molecule has 0 atom stereocenters. The number of hydrogen-bond donors (Lipinski definition) is 1. The van der Waals surface area contributed by atoms with Crippen LogP contribution in [0.5, 0.6) is 11.5 Å². The maximum atomic E-state index is 8.74. The number of nitrogens with two attached hydrogens (primary N) is 1. The second-order valence-corrected chi connectivity index (χ2v) is 4.28. The number of hydrogen-bond acceptors (Lipinski definition) is 3. The number of aryl methyl sites for hydroxylation is 1. The second-order valence-electron chi connectivity index (χ2n) is 4.28. The van der Waals surface area contributed by atoms with E-state index in [4.69, 9.17) is 15.7 Å². The van der Waals surface area contributed by atoms with Gasteiger partial charge in [0.05, 0.1) is 11.6 Å². The van der Waals surface area contributed by atoms with Crippen LogP contribution in [0.25, 0.3) is 0 Å². The zero-order chi connectivity index (χ0) is 13.5. The molecule has 96 valence electrons. The number of nitriles is 1. The quantitative estimate of drug-likeness (QED) is 0.888. The molecule has 2 rings (SSSR count). The second kappa shape index (κ2) is 6.58. The third-order valence-corrected chi connectivity index (χ3v) is 2.79. The van der Waals surface area contributed by atoms with Crippen LogP contribution in [0.1, 0.15) is 17.5 Å². The van der Waals surface area contributed by atoms with E-state index < -0.39 is 0 Å². The highest BCUT2D eigenvalue weighted by Crippen LogP contribution is 2.22. The van der Waals surface area contributed by atoms with Gasteiger partial charge in [-0.25, -0.2) is 0 Å². The highest BCUT2D eigenvalue weighted by Gasteiger charge is 1.99. The fourth-order valence-corrected chi connectivity index (χ4v) is 1.80. The average molecular weight is 252 g/mol. The summed E-state index contributed by atoms with van der Waals surface area (Å²) >= 11 is 0. The maximum absolute atomic E-state index is 8.74. The van der Waals surface area contributed by atoms with Crippen LogP contribution >= 0.6 is 0 Å². The molecule has 0 aliphatic heterocycles. The average Bonchev–Trinajstić information content (AvgIpc) is 2.46. The normalized spacial score (nSPS) is 9.89. The standard InChI is InChI=1S/C16H16N2O/c17-10-2-4-13-3-1-5-16(11-13)19-15-8-6-14(12-18)7-9-15/h1,3,5-9,11H,2,4,10,17H2. The van der Waals surface area contributed by atoms with Crippen molar-refractivity contribution in [3.05, 3.63) is 59.7 Å². The summed E-state index contributed by atoms with van der Waals surface area (Å²) in [5.41, 5.74) is 7.36. The van der Waals surface area contributed by atoms with Crippen LogP contribution in [0.3, 0.4) is 0 Å². The van der Waals surface area contributed by atoms with Crippen LogP contribution in [0.2, 0.25) is 0 Å². The first-order valence-corrected chi connectivity index (χ1v) is 6.29. The van der Waals surface area contributed by atoms with E-state index in [1.807, 2.05) is 18.2 Å². The third-order valence-electron chi connectivity index (χ3n) is 2.79. The van der Waals surface area contributed by atoms with Gasteiger partial charge in [-0.2, -0.15) is 5.26 Å². The van der Waals surface area contributed by atoms with Gasteiger partial charge in [-0.15, -0.1) is 0 Å². The number of rotatable bonds is 5. The largest absolute Gasteiger partial charge is 0.457 e. The van der Waals surface area contributed by atoms with Gasteiger partial charge in [0.2, 0.25) is 0 Å². The lowest BCUT2D eigenvalue weighted by molar-refractivity contribution is 0.482. The van der Waals surface area contributed by atoms with Gasteiger partial charge in [-0.3, -0.25) is 0 Å².